The molecule has 3 rings (SSSR count). The molecule has 0 aliphatic rings. The third-order valence-electron chi connectivity index (χ3n) is 4.17. The maximum absolute atomic E-state index is 12.6. The number of rotatable bonds is 6. The lowest BCUT2D eigenvalue weighted by atomic mass is 10.1. The minimum atomic E-state index is -0.385. The molecule has 2 aromatic heterocycles. The van der Waals surface area contributed by atoms with Gasteiger partial charge in [0.2, 0.25) is 12.3 Å². The molecule has 3 aromatic rings. The molecule has 0 unspecified atom stereocenters. The van der Waals surface area contributed by atoms with Gasteiger partial charge in [0, 0.05) is 18.1 Å². The number of carbonyl (C=O) groups excluding carboxylic acids is 2. The molecule has 0 aliphatic carbocycles. The molecule has 0 N–H and O–H groups in total. The van der Waals surface area contributed by atoms with Crippen LogP contribution in [-0.4, -0.2) is 18.9 Å². The maximum atomic E-state index is 12.6. The van der Waals surface area contributed by atoms with E-state index in [0.29, 0.717) is 4.88 Å². The van der Waals surface area contributed by atoms with Crippen LogP contribution < -0.4 is 21.5 Å². The van der Waals surface area contributed by atoms with Crippen molar-refractivity contribution >= 4 is 23.1 Å². The van der Waals surface area contributed by atoms with Gasteiger partial charge >= 0.3 is 5.97 Å². The normalized spacial score (nSPS) is 10.1. The smallest absolute Gasteiger partial charge is 0.348 e. The lowest BCUT2D eigenvalue weighted by Crippen LogP contribution is -3.00. The van der Waals surface area contributed by atoms with Crippen molar-refractivity contribution in [2.75, 3.05) is 7.11 Å². The first kappa shape index (κ1) is 21.0. The molecule has 140 valence electrons. The minimum absolute atomic E-state index is 0. The number of aromatic nitrogens is 1. The largest absolute Gasteiger partial charge is 1.00 e. The molecule has 0 amide bonds. The summed E-state index contributed by atoms with van der Waals surface area (Å²) in [5.74, 6) is -0.337. The van der Waals surface area contributed by atoms with E-state index >= 15 is 0 Å². The van der Waals surface area contributed by atoms with Crippen molar-refractivity contribution in [3.63, 3.8) is 0 Å². The van der Waals surface area contributed by atoms with Crippen LogP contribution >= 0.6 is 11.3 Å². The number of benzene rings is 1. The Morgan fingerprint density at radius 3 is 2.48 bits per heavy atom. The fourth-order valence-corrected chi connectivity index (χ4v) is 3.82. The average molecular weight is 446 g/mol. The number of thiophene rings is 1. The highest BCUT2D eigenvalue weighted by atomic mass is 79.9. The van der Waals surface area contributed by atoms with Crippen LogP contribution in [0, 0.1) is 6.92 Å². The van der Waals surface area contributed by atoms with Gasteiger partial charge in [-0.05, 0) is 35.1 Å². The molecule has 0 saturated carbocycles. The molecule has 6 heteroatoms. The zero-order valence-corrected chi connectivity index (χ0v) is 17.5. The van der Waals surface area contributed by atoms with Gasteiger partial charge in [-0.3, -0.25) is 4.79 Å². The fourth-order valence-electron chi connectivity index (χ4n) is 2.83. The molecule has 0 spiro atoms. The first-order chi connectivity index (χ1) is 12.6. The first-order valence-electron chi connectivity index (χ1n) is 8.30. The number of halogens is 1. The van der Waals surface area contributed by atoms with E-state index in [1.807, 2.05) is 71.7 Å². The highest BCUT2D eigenvalue weighted by Crippen LogP contribution is 2.23. The second-order valence-electron chi connectivity index (χ2n) is 6.06. The maximum Gasteiger partial charge on any atom is 0.348 e. The Balaban J connectivity index is 0.00000261. The van der Waals surface area contributed by atoms with Crippen molar-refractivity contribution in [1.82, 2.24) is 0 Å². The Kier molecular flexibility index (Phi) is 7.45. The van der Waals surface area contributed by atoms with Crippen molar-refractivity contribution in [3.8, 4) is 11.1 Å². The minimum Gasteiger partial charge on any atom is -1.00 e. The second-order valence-corrected chi connectivity index (χ2v) is 6.94. The van der Waals surface area contributed by atoms with Gasteiger partial charge in [0.25, 0.3) is 0 Å². The van der Waals surface area contributed by atoms with Crippen molar-refractivity contribution in [2.45, 2.75) is 19.9 Å². The number of hydrogen-bond donors (Lipinski definition) is 0. The molecule has 1 aromatic carbocycles. The SMILES string of the molecule is COC(=O)c1scc(C)c1CC(=O)C[n+]1cccc(-c2ccccc2)c1.[Br-]. The van der Waals surface area contributed by atoms with E-state index in [0.717, 1.165) is 22.3 Å². The number of carbonyl (C=O) groups is 2. The summed E-state index contributed by atoms with van der Waals surface area (Å²) < 4.78 is 6.69. The van der Waals surface area contributed by atoms with E-state index in [-0.39, 0.29) is 41.7 Å². The topological polar surface area (TPSA) is 47.3 Å². The van der Waals surface area contributed by atoms with E-state index in [2.05, 4.69) is 0 Å². The molecule has 0 aliphatic heterocycles. The molecule has 0 radical (unpaired) electrons. The van der Waals surface area contributed by atoms with Gasteiger partial charge in [-0.15, -0.1) is 11.3 Å². The zero-order chi connectivity index (χ0) is 18.5. The number of ether oxygens (including phenoxy) is 1. The fraction of sp³-hybridized carbons (Fsp3) is 0.190. The van der Waals surface area contributed by atoms with E-state index in [4.69, 9.17) is 4.74 Å². The van der Waals surface area contributed by atoms with Gasteiger partial charge in [0.05, 0.1) is 7.11 Å². The number of aryl methyl sites for hydroxylation is 1. The van der Waals surface area contributed by atoms with E-state index < -0.39 is 0 Å². The number of nitrogens with zero attached hydrogens (tertiary/aromatic N) is 1. The van der Waals surface area contributed by atoms with E-state index in [1.165, 1.54) is 18.4 Å². The van der Waals surface area contributed by atoms with Crippen molar-refractivity contribution in [3.05, 3.63) is 76.2 Å². The molecule has 2 heterocycles. The summed E-state index contributed by atoms with van der Waals surface area (Å²) >= 11 is 1.32. The number of methoxy groups -OCH3 is 1. The van der Waals surface area contributed by atoms with Gasteiger partial charge in [0.1, 0.15) is 4.88 Å². The summed E-state index contributed by atoms with van der Waals surface area (Å²) in [5.41, 5.74) is 3.89. The number of esters is 1. The quantitative estimate of drug-likeness (QED) is 0.412. The van der Waals surface area contributed by atoms with Crippen LogP contribution in [0.2, 0.25) is 0 Å². The highest BCUT2D eigenvalue weighted by Gasteiger charge is 2.20. The number of pyridine rings is 1. The molecular formula is C21H20BrNO3S. The Morgan fingerprint density at radius 2 is 1.78 bits per heavy atom. The first-order valence-corrected chi connectivity index (χ1v) is 9.18. The van der Waals surface area contributed by atoms with Gasteiger partial charge < -0.3 is 21.7 Å². The van der Waals surface area contributed by atoms with Crippen LogP contribution in [0.5, 0.6) is 0 Å². The van der Waals surface area contributed by atoms with Gasteiger partial charge in [0.15, 0.2) is 12.4 Å². The number of hydrogen-bond acceptors (Lipinski definition) is 4. The van der Waals surface area contributed by atoms with Gasteiger partial charge in [-0.2, -0.15) is 4.57 Å². The van der Waals surface area contributed by atoms with Crippen LogP contribution in [0.3, 0.4) is 0 Å². The summed E-state index contributed by atoms with van der Waals surface area (Å²) in [6, 6.07) is 14.0. The van der Waals surface area contributed by atoms with Crippen LogP contribution in [0.25, 0.3) is 11.1 Å². The van der Waals surface area contributed by atoms with Crippen molar-refractivity contribution in [1.29, 1.82) is 0 Å². The van der Waals surface area contributed by atoms with Crippen molar-refractivity contribution in [2.24, 2.45) is 0 Å². The molecule has 0 atom stereocenters. The Hall–Kier alpha value is -2.31. The molecule has 0 bridgehead atoms. The van der Waals surface area contributed by atoms with Crippen LogP contribution in [-0.2, 0) is 22.5 Å². The van der Waals surface area contributed by atoms with Crippen LogP contribution in [0.4, 0.5) is 0 Å². The number of ketones is 1. The standard InChI is InChI=1S/C21H20NO3S.BrH/c1-15-14-26-20(21(24)25-2)19(15)11-18(23)13-22-10-6-9-17(12-22)16-7-4-3-5-8-16;/h3-10,12,14H,11,13H2,1-2H3;1H/q+1;/p-1. The lowest BCUT2D eigenvalue weighted by molar-refractivity contribution is -0.683. The third-order valence-corrected chi connectivity index (χ3v) is 5.29. The Bertz CT molecular complexity index is 938. The molecule has 27 heavy (non-hydrogen) atoms. The van der Waals surface area contributed by atoms with Gasteiger partial charge in [-0.25, -0.2) is 4.79 Å². The monoisotopic (exact) mass is 445 g/mol. The Morgan fingerprint density at radius 1 is 1.07 bits per heavy atom. The van der Waals surface area contributed by atoms with Crippen LogP contribution in [0.1, 0.15) is 20.8 Å². The average Bonchev–Trinajstić information content (AvgIpc) is 3.02. The molecule has 4 nitrogen and oxygen atoms in total. The summed E-state index contributed by atoms with van der Waals surface area (Å²) in [5, 5.41) is 1.89. The molecule has 0 fully saturated rings. The predicted molar refractivity (Wildman–Crippen MR) is 101 cm³/mol. The predicted octanol–water partition coefficient (Wildman–Crippen LogP) is 0.613. The summed E-state index contributed by atoms with van der Waals surface area (Å²) in [4.78, 5) is 25.0. The molecule has 0 saturated heterocycles. The highest BCUT2D eigenvalue weighted by molar-refractivity contribution is 7.12. The van der Waals surface area contributed by atoms with E-state index in [9.17, 15) is 9.59 Å². The van der Waals surface area contributed by atoms with E-state index in [1.54, 1.807) is 0 Å². The summed E-state index contributed by atoms with van der Waals surface area (Å²) in [7, 11) is 1.36. The zero-order valence-electron chi connectivity index (χ0n) is 15.1. The lowest BCUT2D eigenvalue weighted by Gasteiger charge is -2.04. The summed E-state index contributed by atoms with van der Waals surface area (Å²) in [6.45, 7) is 2.17. The molecular weight excluding hydrogens is 426 g/mol. The van der Waals surface area contributed by atoms with Crippen molar-refractivity contribution < 1.29 is 35.9 Å². The Labute approximate surface area is 173 Å². The number of Topliss-reactive ketones (excluding diaryl/α,β-unsaturated/α-hetero) is 1. The van der Waals surface area contributed by atoms with Gasteiger partial charge in [-0.1, -0.05) is 30.3 Å². The third kappa shape index (κ3) is 5.11. The summed E-state index contributed by atoms with van der Waals surface area (Å²) in [6.07, 6.45) is 4.07. The second kappa shape index (κ2) is 9.58. The van der Waals surface area contributed by atoms with Crippen LogP contribution in [0.15, 0.2) is 60.2 Å².